The van der Waals surface area contributed by atoms with Gasteiger partial charge in [-0.3, -0.25) is 14.1 Å². The number of hydrogen-bond acceptors (Lipinski definition) is 7. The fraction of sp³-hybridized carbons (Fsp3) is 0.0696. The van der Waals surface area contributed by atoms with E-state index in [1.54, 1.807) is 17.7 Å². The molecule has 11 nitrogen and oxygen atoms in total. The molecular weight excluding hydrogens is 1990 g/mol. The minimum absolute atomic E-state index is 0. The predicted molar refractivity (Wildman–Crippen MR) is 522 cm³/mol. The van der Waals surface area contributed by atoms with E-state index in [2.05, 4.69) is 389 Å². The topological polar surface area (TPSA) is 84.6 Å². The number of ether oxygens (including phenoxy) is 2. The average molecular weight is 2070 g/mol. The van der Waals surface area contributed by atoms with Crippen LogP contribution in [0.1, 0.15) is 38.8 Å². The van der Waals surface area contributed by atoms with Crippen molar-refractivity contribution >= 4 is 129 Å². The molecule has 8 aromatic heterocycles. The minimum atomic E-state index is 0. The summed E-state index contributed by atoms with van der Waals surface area (Å²) in [4.78, 5) is 14.4. The zero-order chi connectivity index (χ0) is 85.5. The molecule has 0 saturated heterocycles. The summed E-state index contributed by atoms with van der Waals surface area (Å²) in [6.45, 7) is 9.07. The van der Waals surface area contributed by atoms with E-state index in [4.69, 9.17) is 24.4 Å². The number of thiophene rings is 2. The van der Waals surface area contributed by atoms with Crippen molar-refractivity contribution < 1.29 is 60.7 Å². The smallest absolute Gasteiger partial charge is 0.268 e. The molecule has 0 N–H and O–H groups in total. The molecule has 130 heavy (non-hydrogen) atoms. The Morgan fingerprint density at radius 3 is 1.18 bits per heavy atom. The van der Waals surface area contributed by atoms with Crippen molar-refractivity contribution in [1.82, 2.24) is 33.2 Å². The summed E-state index contributed by atoms with van der Waals surface area (Å²) in [5.41, 5.74) is 25.9. The molecule has 0 bridgehead atoms. The van der Waals surface area contributed by atoms with Crippen LogP contribution in [0, 0.1) is 48.8 Å². The second-order valence-corrected chi connectivity index (χ2v) is 35.2. The van der Waals surface area contributed by atoms with Gasteiger partial charge in [0.15, 0.2) is 0 Å². The Morgan fingerprint density at radius 2 is 0.692 bits per heavy atom. The number of pyridine rings is 1. The van der Waals surface area contributed by atoms with Gasteiger partial charge < -0.3 is 32.7 Å². The fourth-order valence-electron chi connectivity index (χ4n) is 18.6. The first-order valence-corrected chi connectivity index (χ1v) is 44.9. The van der Waals surface area contributed by atoms with Crippen LogP contribution in [0.4, 0.5) is 0 Å². The Kier molecular flexibility index (Phi) is 22.3. The van der Waals surface area contributed by atoms with Gasteiger partial charge in [-0.1, -0.05) is 282 Å². The minimum Gasteiger partial charge on any atom is -0.503 e. The third-order valence-corrected chi connectivity index (χ3v) is 26.6. The molecule has 632 valence electrons. The van der Waals surface area contributed by atoms with Crippen molar-refractivity contribution in [3.8, 4) is 102 Å². The largest absolute Gasteiger partial charge is 0.503 e. The van der Waals surface area contributed by atoms with Crippen LogP contribution < -0.4 is 18.6 Å². The molecule has 0 amide bonds. The second kappa shape index (κ2) is 35.0. The zero-order valence-corrected chi connectivity index (χ0v) is 77.3. The molecule has 0 aliphatic heterocycles. The maximum absolute atomic E-state index is 6.66. The summed E-state index contributed by atoms with van der Waals surface area (Å²) in [6.07, 6.45) is 13.2. The quantitative estimate of drug-likeness (QED) is 0.0631. The van der Waals surface area contributed by atoms with Crippen molar-refractivity contribution in [2.45, 2.75) is 40.5 Å². The zero-order valence-electron chi connectivity index (χ0n) is 71.1. The van der Waals surface area contributed by atoms with Gasteiger partial charge in [0.1, 0.15) is 12.0 Å². The van der Waals surface area contributed by atoms with Crippen molar-refractivity contribution in [3.05, 3.63) is 418 Å². The Balaban J connectivity index is 0.000000159. The Hall–Kier alpha value is -14.3. The molecule has 24 rings (SSSR count). The number of benzene rings is 16. The molecule has 0 radical (unpaired) electrons. The van der Waals surface area contributed by atoms with Gasteiger partial charge in [-0.25, -0.2) is 4.98 Å². The summed E-state index contributed by atoms with van der Waals surface area (Å²) in [6, 6.07) is 140. The average Bonchev–Trinajstić information content (AvgIpc) is 1.55. The maximum Gasteiger partial charge on any atom is 0.268 e. The summed E-state index contributed by atoms with van der Waals surface area (Å²) >= 11 is 3.58. The van der Waals surface area contributed by atoms with Crippen LogP contribution in [0.15, 0.2) is 370 Å². The molecule has 16 aromatic carbocycles. The van der Waals surface area contributed by atoms with Crippen molar-refractivity contribution in [2.75, 3.05) is 0 Å². The van der Waals surface area contributed by atoms with Gasteiger partial charge in [0.05, 0.1) is 66.7 Å². The first kappa shape index (κ1) is 82.7. The van der Waals surface area contributed by atoms with Crippen LogP contribution >= 0.6 is 22.7 Å². The number of para-hydroxylation sites is 10. The van der Waals surface area contributed by atoms with E-state index in [1.165, 1.54) is 58.2 Å². The van der Waals surface area contributed by atoms with Crippen LogP contribution in [0.3, 0.4) is 0 Å². The Labute approximate surface area is 788 Å². The van der Waals surface area contributed by atoms with E-state index in [0.717, 1.165) is 151 Å². The van der Waals surface area contributed by atoms with Crippen molar-refractivity contribution in [3.63, 3.8) is 0 Å². The molecule has 0 spiro atoms. The maximum atomic E-state index is 6.66. The monoisotopic (exact) mass is 2070 g/mol. The third kappa shape index (κ3) is 14.9. The van der Waals surface area contributed by atoms with Gasteiger partial charge in [-0.2, -0.15) is 24.3 Å². The molecular formula is C115H79N9O2Pt2S2-4. The first-order valence-electron chi connectivity index (χ1n) is 43.3. The molecule has 0 aliphatic rings. The van der Waals surface area contributed by atoms with Crippen LogP contribution in [0.5, 0.6) is 23.0 Å². The van der Waals surface area contributed by atoms with Crippen LogP contribution in [0.2, 0.25) is 0 Å². The fourth-order valence-corrected chi connectivity index (χ4v) is 21.2. The van der Waals surface area contributed by atoms with Gasteiger partial charge >= 0.3 is 0 Å². The first-order chi connectivity index (χ1) is 63.1. The number of fused-ring (bicyclic) bond motifs is 14. The van der Waals surface area contributed by atoms with Gasteiger partial charge in [0.25, 0.3) is 12.7 Å². The molecule has 0 saturated carbocycles. The van der Waals surface area contributed by atoms with Gasteiger partial charge in [-0.05, 0) is 123 Å². The Morgan fingerprint density at radius 1 is 0.315 bits per heavy atom. The summed E-state index contributed by atoms with van der Waals surface area (Å²) in [5, 5.41) is 8.47. The number of rotatable bonds is 18. The number of aromatic nitrogens is 9. The van der Waals surface area contributed by atoms with E-state index >= 15 is 0 Å². The van der Waals surface area contributed by atoms with E-state index in [1.807, 2.05) is 78.2 Å². The van der Waals surface area contributed by atoms with Crippen molar-refractivity contribution in [2.24, 2.45) is 11.8 Å². The molecule has 24 aromatic rings. The third-order valence-electron chi connectivity index (χ3n) is 24.0. The van der Waals surface area contributed by atoms with Gasteiger partial charge in [0.2, 0.25) is 0 Å². The van der Waals surface area contributed by atoms with Gasteiger partial charge in [-0.15, -0.1) is 94.5 Å². The van der Waals surface area contributed by atoms with Crippen LogP contribution in [-0.2, 0) is 55.0 Å². The van der Waals surface area contributed by atoms with Crippen LogP contribution in [0.25, 0.3) is 185 Å². The normalized spacial score (nSPS) is 11.6. The molecule has 0 fully saturated rings. The van der Waals surface area contributed by atoms with Gasteiger partial charge in [0, 0.05) is 128 Å². The van der Waals surface area contributed by atoms with Crippen molar-refractivity contribution in [1.29, 1.82) is 0 Å². The molecule has 0 atom stereocenters. The van der Waals surface area contributed by atoms with Crippen LogP contribution in [-0.4, -0.2) is 33.2 Å². The second-order valence-electron chi connectivity index (χ2n) is 33.1. The number of imidazole rings is 2. The van der Waals surface area contributed by atoms with E-state index < -0.39 is 0 Å². The predicted octanol–water partition coefficient (Wildman–Crippen LogP) is 28.4. The number of hydrogen-bond donors (Lipinski definition) is 0. The molecule has 15 heteroatoms. The molecule has 0 aliphatic carbocycles. The SMILES string of the molecule is CC(C)Cc1cccc2c1sc1c(-c3[c-]c(Oc4[c-]c(-n5[c-][n+](-c6c(-c7ccccc7)cccc6-c6ccccc6)c6ccccc65)ccc4)ccc3)ncnc12.CC(C)Cc1cccc2c1sc1c(-c3[c-]c(Oc4[c-]c(-n5[c-][n+](-c6c(-n7c8ccccc8c8ccccc87)cccc6-n6c7ccccc7c7ccccc76)c6ccccc65)ccc4)ccc3)nccc12.[Pt].[Pt]. The standard InChI is InChI=1S/C64H43N5OS.C51H36N4OS.2Pt/c1-41(2)37-43-18-14-26-51-52-35-36-65-61(64(52)71-63(43)51)42-17-13-20-45(38-42)70-46-21-15-19-44(39-46)66-40-67(58-32-12-11-31-57(58)66)62-59(68-53-27-7-3-22-47(53)48-23-4-8-28-54(48)68)33-16-34-60(62)69-55-29-9-5-24-49(55)50-25-6-10-30-56(50)69;1-34(2)29-38-20-12-26-44-48-51(57-50(38)44)47(52-32-53-48)37-19-11-22-40(30-37)56-41-23-13-21-39(31-41)54-33-55(46-28-10-9-27-45(46)54)49-42(35-15-5-3-6-16-35)24-14-25-43(49)36-17-7-4-8-18-36;;/h3-36,41H,37H2,1-2H3;3-28,32,34H,29H2,1-2H3;;/q2*-2;;. The molecule has 0 unspecified atom stereocenters. The van der Waals surface area contributed by atoms with E-state index in [-0.39, 0.29) is 42.1 Å². The molecule has 8 heterocycles. The Bertz CT molecular complexity index is 8160. The number of nitrogens with zero attached hydrogens (tertiary/aromatic N) is 9. The van der Waals surface area contributed by atoms with E-state index in [9.17, 15) is 0 Å². The summed E-state index contributed by atoms with van der Waals surface area (Å²) < 4.78 is 31.4. The summed E-state index contributed by atoms with van der Waals surface area (Å²) in [5.74, 6) is 3.43. The summed E-state index contributed by atoms with van der Waals surface area (Å²) in [7, 11) is 0. The van der Waals surface area contributed by atoms with E-state index in [0.29, 0.717) is 34.8 Å².